The third-order valence-corrected chi connectivity index (χ3v) is 12.7. The second-order valence-corrected chi connectivity index (χ2v) is 16.5. The average molecular weight is 700 g/mol. The van der Waals surface area contributed by atoms with Crippen molar-refractivity contribution in [1.82, 2.24) is 10.2 Å². The summed E-state index contributed by atoms with van der Waals surface area (Å²) in [7, 11) is 0. The van der Waals surface area contributed by atoms with Gasteiger partial charge in [0.1, 0.15) is 0 Å². The Morgan fingerprint density at radius 2 is 1.46 bits per heavy atom. The topological polar surface area (TPSA) is 103 Å². The van der Waals surface area contributed by atoms with E-state index in [9.17, 15) is 15.0 Å². The van der Waals surface area contributed by atoms with E-state index in [1.165, 1.54) is 19.3 Å². The van der Waals surface area contributed by atoms with Gasteiger partial charge in [0.15, 0.2) is 6.29 Å². The number of urea groups is 1. The monoisotopic (exact) mass is 699 g/mol. The Bertz CT molecular complexity index is 1600. The van der Waals surface area contributed by atoms with E-state index in [0.29, 0.717) is 24.4 Å². The fraction of sp³-hybridized carbons (Fsp3) is 0.537. The van der Waals surface area contributed by atoms with Gasteiger partial charge in [0.2, 0.25) is 0 Å². The van der Waals surface area contributed by atoms with Gasteiger partial charge in [-0.3, -0.25) is 0 Å². The van der Waals surface area contributed by atoms with Crippen molar-refractivity contribution < 1.29 is 24.5 Å². The molecule has 9 heteroatoms. The molecule has 2 heterocycles. The highest BCUT2D eigenvalue weighted by Gasteiger charge is 2.51. The second-order valence-electron chi connectivity index (χ2n) is 16.1. The number of nitrogens with one attached hydrogen (secondary N) is 2. The van der Waals surface area contributed by atoms with Crippen LogP contribution in [0.15, 0.2) is 72.8 Å². The molecular formula is C41H50ClN3O5. The maximum absolute atomic E-state index is 13.2. The summed E-state index contributed by atoms with van der Waals surface area (Å²) in [4.78, 5) is 15.6. The molecule has 4 saturated carbocycles. The van der Waals surface area contributed by atoms with Gasteiger partial charge in [-0.1, -0.05) is 67.1 Å². The van der Waals surface area contributed by atoms with Gasteiger partial charge in [0.05, 0.1) is 24.4 Å². The minimum Gasteiger partial charge on any atom is -0.392 e. The van der Waals surface area contributed by atoms with Crippen LogP contribution in [0.3, 0.4) is 0 Å². The molecule has 2 amide bonds. The SMILES string of the molecule is C[C@H]1[C@@H](CN2CCC(O)(c3ccc(Cl)cc3)CC2)O[C@@H](c2ccc(NC(=O)NC34CC5CC(CC(C5)C3)C4)cc2)O[C@H]1c1ccc(CO)cc1. The first-order valence-corrected chi connectivity index (χ1v) is 18.9. The predicted molar refractivity (Wildman–Crippen MR) is 193 cm³/mol. The molecule has 50 heavy (non-hydrogen) atoms. The summed E-state index contributed by atoms with van der Waals surface area (Å²) in [5.41, 5.74) is 3.54. The number of nitrogens with zero attached hydrogens (tertiary/aromatic N) is 1. The number of hydrogen-bond acceptors (Lipinski definition) is 6. The van der Waals surface area contributed by atoms with E-state index in [2.05, 4.69) is 22.5 Å². The zero-order chi connectivity index (χ0) is 34.5. The van der Waals surface area contributed by atoms with Crippen LogP contribution in [0.25, 0.3) is 0 Å². The number of rotatable bonds is 8. The number of aliphatic hydroxyl groups excluding tert-OH is 1. The molecule has 2 saturated heterocycles. The van der Waals surface area contributed by atoms with Crippen molar-refractivity contribution in [2.75, 3.05) is 25.0 Å². The van der Waals surface area contributed by atoms with E-state index in [0.717, 1.165) is 78.0 Å². The second kappa shape index (κ2) is 13.9. The quantitative estimate of drug-likeness (QED) is 0.192. The lowest BCUT2D eigenvalue weighted by Gasteiger charge is -2.56. The van der Waals surface area contributed by atoms with Crippen molar-refractivity contribution in [1.29, 1.82) is 0 Å². The molecule has 4 N–H and O–H groups in total. The number of benzene rings is 3. The molecule has 0 aromatic heterocycles. The highest BCUT2D eigenvalue weighted by atomic mass is 35.5. The molecule has 4 atom stereocenters. The summed E-state index contributed by atoms with van der Waals surface area (Å²) >= 11 is 6.11. The maximum Gasteiger partial charge on any atom is 0.319 e. The number of ether oxygens (including phenoxy) is 2. The van der Waals surface area contributed by atoms with Gasteiger partial charge in [-0.25, -0.2) is 4.79 Å². The number of carbonyl (C=O) groups is 1. The van der Waals surface area contributed by atoms with Crippen molar-refractivity contribution in [2.24, 2.45) is 23.7 Å². The Labute approximate surface area is 300 Å². The first-order chi connectivity index (χ1) is 24.2. The van der Waals surface area contributed by atoms with E-state index < -0.39 is 11.9 Å². The molecule has 8 nitrogen and oxygen atoms in total. The minimum atomic E-state index is -0.870. The summed E-state index contributed by atoms with van der Waals surface area (Å²) in [5, 5.41) is 28.3. The number of halogens is 1. The summed E-state index contributed by atoms with van der Waals surface area (Å²) in [6.07, 6.45) is 7.71. The van der Waals surface area contributed by atoms with Gasteiger partial charge >= 0.3 is 6.03 Å². The molecular weight excluding hydrogens is 650 g/mol. The van der Waals surface area contributed by atoms with E-state index in [-0.39, 0.29) is 36.3 Å². The van der Waals surface area contributed by atoms with Crippen LogP contribution in [0.5, 0.6) is 0 Å². The standard InChI is InChI=1S/C41H50ClN3O5/c1-26-36(24-45-16-14-41(48,15-17-45)33-8-10-34(42)11-9-33)49-38(50-37(26)31-4-2-27(25-46)3-5-31)32-6-12-35(13-7-32)43-39(47)44-40-21-28-18-29(22-40)20-30(19-28)23-40/h2-13,26,28-30,36-38,46,48H,14-25H2,1H3,(H2,43,44,47)/t26-,28?,29?,30?,36+,37+,38+,40?/m0/s1. The van der Waals surface area contributed by atoms with Crippen molar-refractivity contribution >= 4 is 23.3 Å². The van der Waals surface area contributed by atoms with Crippen LogP contribution in [0.1, 0.15) is 92.9 Å². The van der Waals surface area contributed by atoms with E-state index in [1.807, 2.05) is 72.8 Å². The lowest BCUT2D eigenvalue weighted by atomic mass is 9.53. The predicted octanol–water partition coefficient (Wildman–Crippen LogP) is 7.70. The Morgan fingerprint density at radius 1 is 0.860 bits per heavy atom. The number of amides is 2. The van der Waals surface area contributed by atoms with Crippen LogP contribution >= 0.6 is 11.6 Å². The smallest absolute Gasteiger partial charge is 0.319 e. The number of hydrogen-bond donors (Lipinski definition) is 4. The molecule has 4 aliphatic carbocycles. The number of carbonyl (C=O) groups excluding carboxylic acids is 1. The molecule has 266 valence electrons. The highest BCUT2D eigenvalue weighted by molar-refractivity contribution is 6.30. The fourth-order valence-electron chi connectivity index (χ4n) is 10.1. The Kier molecular flexibility index (Phi) is 9.46. The van der Waals surface area contributed by atoms with Crippen molar-refractivity contribution in [3.8, 4) is 0 Å². The van der Waals surface area contributed by atoms with E-state index >= 15 is 0 Å². The Hall–Kier alpha value is -2.98. The molecule has 6 aliphatic rings. The Morgan fingerprint density at radius 3 is 2.06 bits per heavy atom. The largest absolute Gasteiger partial charge is 0.392 e. The zero-order valence-electron chi connectivity index (χ0n) is 28.9. The molecule has 3 aromatic rings. The normalized spacial score (nSPS) is 33.2. The number of likely N-dealkylation sites (tertiary alicyclic amines) is 1. The van der Waals surface area contributed by atoms with Crippen LogP contribution < -0.4 is 10.6 Å². The van der Waals surface area contributed by atoms with E-state index in [4.69, 9.17) is 21.1 Å². The van der Waals surface area contributed by atoms with Crippen LogP contribution in [-0.4, -0.2) is 52.4 Å². The number of aliphatic hydroxyl groups is 2. The molecule has 6 fully saturated rings. The third kappa shape index (κ3) is 7.08. The fourth-order valence-corrected chi connectivity index (χ4v) is 10.3. The van der Waals surface area contributed by atoms with Gasteiger partial charge in [-0.05, 0) is 110 Å². The summed E-state index contributed by atoms with van der Waals surface area (Å²) in [5.74, 6) is 2.36. The van der Waals surface area contributed by atoms with Gasteiger partial charge in [-0.2, -0.15) is 0 Å². The van der Waals surface area contributed by atoms with Crippen molar-refractivity contribution in [2.45, 2.75) is 94.5 Å². The van der Waals surface area contributed by atoms with Gasteiger partial charge in [-0.15, -0.1) is 0 Å². The maximum atomic E-state index is 13.2. The van der Waals surface area contributed by atoms with Crippen LogP contribution in [0.2, 0.25) is 5.02 Å². The first-order valence-electron chi connectivity index (χ1n) is 18.6. The molecule has 2 aliphatic heterocycles. The number of piperidine rings is 1. The van der Waals surface area contributed by atoms with Gasteiger partial charge < -0.3 is 35.2 Å². The molecule has 0 spiro atoms. The minimum absolute atomic E-state index is 0.00596. The molecule has 3 aromatic carbocycles. The summed E-state index contributed by atoms with van der Waals surface area (Å²) in [6, 6.07) is 23.2. The molecule has 4 bridgehead atoms. The van der Waals surface area contributed by atoms with E-state index in [1.54, 1.807) is 0 Å². The molecule has 0 unspecified atom stereocenters. The Balaban J connectivity index is 0.945. The van der Waals surface area contributed by atoms with Crippen LogP contribution in [0, 0.1) is 23.7 Å². The zero-order valence-corrected chi connectivity index (χ0v) is 29.7. The van der Waals surface area contributed by atoms with Crippen LogP contribution in [-0.2, 0) is 21.7 Å². The highest BCUT2D eigenvalue weighted by Crippen LogP contribution is 2.55. The van der Waals surface area contributed by atoms with Crippen LogP contribution in [0.4, 0.5) is 10.5 Å². The lowest BCUT2D eigenvalue weighted by Crippen LogP contribution is -2.60. The molecule has 0 radical (unpaired) electrons. The molecule has 9 rings (SSSR count). The van der Waals surface area contributed by atoms with Crippen molar-refractivity contribution in [3.05, 3.63) is 100 Å². The van der Waals surface area contributed by atoms with Gasteiger partial charge in [0, 0.05) is 47.4 Å². The summed E-state index contributed by atoms with van der Waals surface area (Å²) < 4.78 is 13.4. The number of anilines is 1. The van der Waals surface area contributed by atoms with Gasteiger partial charge in [0.25, 0.3) is 0 Å². The van der Waals surface area contributed by atoms with Crippen molar-refractivity contribution in [3.63, 3.8) is 0 Å². The third-order valence-electron chi connectivity index (χ3n) is 12.5. The summed E-state index contributed by atoms with van der Waals surface area (Å²) in [6.45, 7) is 4.38. The average Bonchev–Trinajstić information content (AvgIpc) is 3.10. The first kappa shape index (κ1) is 34.1. The lowest BCUT2D eigenvalue weighted by molar-refractivity contribution is -0.277.